The second-order valence-corrected chi connectivity index (χ2v) is 20.8. The number of halogens is 3. The molecule has 0 bridgehead atoms. The predicted molar refractivity (Wildman–Crippen MR) is 318 cm³/mol. The first-order chi connectivity index (χ1) is 37.8. The van der Waals surface area contributed by atoms with Crippen molar-refractivity contribution in [2.75, 3.05) is 29.5 Å². The van der Waals surface area contributed by atoms with Crippen molar-refractivity contribution in [1.82, 2.24) is 15.0 Å². The fourth-order valence-electron chi connectivity index (χ4n) is 9.42. The molecule has 0 saturated carbocycles. The number of nitrogens with zero attached hydrogens (tertiary/aromatic N) is 3. The summed E-state index contributed by atoms with van der Waals surface area (Å²) in [7, 11) is 0. The number of unbranched alkanes of at least 4 members (excludes halogenated alkanes) is 24. The van der Waals surface area contributed by atoms with Crippen LogP contribution < -0.4 is 37.1 Å². The summed E-state index contributed by atoms with van der Waals surface area (Å²) in [5.41, 5.74) is 31.9. The van der Waals surface area contributed by atoms with E-state index in [1.54, 1.807) is 48.5 Å². The molecule has 0 aliphatic heterocycles. The summed E-state index contributed by atoms with van der Waals surface area (Å²) in [6.07, 6.45) is 26.9. The van der Waals surface area contributed by atoms with Crippen LogP contribution in [0.15, 0.2) is 109 Å². The molecular weight excluding hydrogens is 984 g/mol. The van der Waals surface area contributed by atoms with Crippen LogP contribution in [0.2, 0.25) is 0 Å². The van der Waals surface area contributed by atoms with E-state index < -0.39 is 12.6 Å². The number of benzene rings is 5. The number of rotatable bonds is 36. The summed E-state index contributed by atoms with van der Waals surface area (Å²) >= 11 is 0. The zero-order valence-corrected chi connectivity index (χ0v) is 46.9. The zero-order valence-electron chi connectivity index (χ0n) is 46.9. The largest absolute Gasteiger partial charge is 0.494 e. The first kappa shape index (κ1) is 62.3. The number of alkyl halides is 3. The first-order valence-corrected chi connectivity index (χ1v) is 29.2. The Morgan fingerprint density at radius 2 is 0.731 bits per heavy atom. The van der Waals surface area contributed by atoms with Crippen LogP contribution in [-0.2, 0) is 6.42 Å². The second-order valence-electron chi connectivity index (χ2n) is 20.8. The summed E-state index contributed by atoms with van der Waals surface area (Å²) in [6.45, 7) is 5.09. The van der Waals surface area contributed by atoms with Gasteiger partial charge in [-0.1, -0.05) is 179 Å². The minimum atomic E-state index is -4.00. The van der Waals surface area contributed by atoms with Gasteiger partial charge in [-0.2, -0.15) is 23.1 Å². The average molecular weight is 1070 g/mol. The Labute approximate surface area is 464 Å². The summed E-state index contributed by atoms with van der Waals surface area (Å²) in [4.78, 5) is 13.4. The predicted octanol–water partition coefficient (Wildman–Crippen LogP) is 19.2. The Hall–Kier alpha value is -6.50. The maximum Gasteiger partial charge on any atom is 0.389 e. The third kappa shape index (κ3) is 25.8. The van der Waals surface area contributed by atoms with Gasteiger partial charge in [0.05, 0.1) is 6.61 Å². The molecule has 424 valence electrons. The highest BCUT2D eigenvalue weighted by atomic mass is 19.4. The molecule has 0 aliphatic carbocycles. The normalized spacial score (nSPS) is 11.3. The van der Waals surface area contributed by atoms with Gasteiger partial charge in [-0.25, -0.2) is 0 Å². The van der Waals surface area contributed by atoms with E-state index in [2.05, 4.69) is 40.9 Å². The number of ether oxygens (including phenoxy) is 3. The fraction of sp³-hybridized carbons (Fsp3) is 0.492. The molecule has 0 atom stereocenters. The van der Waals surface area contributed by atoms with Crippen LogP contribution in [0, 0.1) is 6.92 Å². The number of hydrogen-bond acceptors (Lipinski definition) is 10. The van der Waals surface area contributed by atoms with Crippen LogP contribution in [0.3, 0.4) is 0 Å². The molecular formula is C65H90F3N7O3. The highest BCUT2D eigenvalue weighted by Gasteiger charge is 2.25. The van der Waals surface area contributed by atoms with Crippen molar-refractivity contribution in [3.63, 3.8) is 0 Å². The van der Waals surface area contributed by atoms with Crippen LogP contribution in [0.25, 0.3) is 22.3 Å². The molecule has 0 aliphatic rings. The maximum absolute atomic E-state index is 12.1. The summed E-state index contributed by atoms with van der Waals surface area (Å²) in [5.74, 6) is 2.73. The van der Waals surface area contributed by atoms with Crippen molar-refractivity contribution >= 4 is 22.7 Å². The Bertz CT molecular complexity index is 2410. The maximum atomic E-state index is 12.1. The number of anilines is 4. The smallest absolute Gasteiger partial charge is 0.389 e. The molecule has 0 fully saturated rings. The molecule has 8 N–H and O–H groups in total. The SMILES string of the molecule is CCCCCCCCCCCCCCCCc1nc(Oc2ccc(N)cc2)nc(Oc2ccc(N)cc2)n1.Cc1c(-c2ccc(N)cc2)cc(OCCCCCCCCCCCCCCC(F)(F)F)cc1-c1ccc(N)cc1. The van der Waals surface area contributed by atoms with E-state index in [0.29, 0.717) is 41.7 Å². The molecule has 1 heterocycles. The number of nitrogens with two attached hydrogens (primary N) is 4. The van der Waals surface area contributed by atoms with E-state index in [9.17, 15) is 13.2 Å². The standard InChI is InChI=1S/C34H45F3N2O.C31H45N5O2/c1-26-32(27-14-18-29(38)19-15-27)24-31(25-33(26)28-16-20-30(39)21-17-28)40-23-13-11-9-7-5-3-2-4-6-8-10-12-22-34(35,36)37;1-2-3-4-5-6-7-8-9-10-11-12-13-14-15-16-29-34-30(37-27-21-17-25(32)18-22-27)36-31(35-29)38-28-23-19-26(33)20-24-28/h14-21,24-25H,2-13,22-23,38-39H2,1H3;17-24H,2-16,32-33H2,1H3. The monoisotopic (exact) mass is 1070 g/mol. The molecule has 10 nitrogen and oxygen atoms in total. The molecule has 6 rings (SSSR count). The van der Waals surface area contributed by atoms with Gasteiger partial charge >= 0.3 is 18.2 Å². The van der Waals surface area contributed by atoms with Gasteiger partial charge in [-0.3, -0.25) is 0 Å². The highest BCUT2D eigenvalue weighted by molar-refractivity contribution is 5.81. The minimum Gasteiger partial charge on any atom is -0.494 e. The van der Waals surface area contributed by atoms with E-state index in [4.69, 9.17) is 37.1 Å². The topological polar surface area (TPSA) is 170 Å². The molecule has 1 aromatic heterocycles. The molecule has 0 unspecified atom stereocenters. The van der Waals surface area contributed by atoms with Gasteiger partial charge in [0.1, 0.15) is 23.1 Å². The van der Waals surface area contributed by atoms with Crippen molar-refractivity contribution in [2.45, 2.75) is 200 Å². The van der Waals surface area contributed by atoms with Gasteiger partial charge < -0.3 is 37.1 Å². The van der Waals surface area contributed by atoms with Crippen molar-refractivity contribution in [2.24, 2.45) is 0 Å². The van der Waals surface area contributed by atoms with Gasteiger partial charge in [-0.05, 0) is 139 Å². The van der Waals surface area contributed by atoms with Gasteiger partial charge in [0, 0.05) is 35.6 Å². The van der Waals surface area contributed by atoms with Crippen molar-refractivity contribution < 1.29 is 27.4 Å². The van der Waals surface area contributed by atoms with Crippen LogP contribution in [-0.4, -0.2) is 27.7 Å². The minimum absolute atomic E-state index is 0.204. The lowest BCUT2D eigenvalue weighted by Crippen LogP contribution is -2.06. The van der Waals surface area contributed by atoms with Crippen molar-refractivity contribution in [3.8, 4) is 51.5 Å². The van der Waals surface area contributed by atoms with Gasteiger partial charge in [0.15, 0.2) is 0 Å². The summed E-state index contributed by atoms with van der Waals surface area (Å²) < 4.78 is 54.4. The zero-order chi connectivity index (χ0) is 55.6. The fourth-order valence-corrected chi connectivity index (χ4v) is 9.42. The first-order valence-electron chi connectivity index (χ1n) is 29.2. The van der Waals surface area contributed by atoms with E-state index in [-0.39, 0.29) is 18.4 Å². The van der Waals surface area contributed by atoms with Gasteiger partial charge in [0.2, 0.25) is 0 Å². The van der Waals surface area contributed by atoms with Crippen LogP contribution >= 0.6 is 0 Å². The van der Waals surface area contributed by atoms with E-state index in [1.165, 1.54) is 115 Å². The van der Waals surface area contributed by atoms with E-state index in [1.807, 2.05) is 48.5 Å². The van der Waals surface area contributed by atoms with Crippen LogP contribution in [0.1, 0.15) is 192 Å². The third-order valence-electron chi connectivity index (χ3n) is 14.0. The Kier molecular flexibility index (Phi) is 28.6. The second kappa shape index (κ2) is 35.8. The van der Waals surface area contributed by atoms with Crippen molar-refractivity contribution in [3.05, 3.63) is 121 Å². The molecule has 78 heavy (non-hydrogen) atoms. The molecule has 6 aromatic rings. The Balaban J connectivity index is 0.000000288. The molecule has 13 heteroatoms. The van der Waals surface area contributed by atoms with E-state index in [0.717, 1.165) is 90.7 Å². The lowest BCUT2D eigenvalue weighted by molar-refractivity contribution is -0.135. The Morgan fingerprint density at radius 3 is 1.10 bits per heavy atom. The lowest BCUT2D eigenvalue weighted by atomic mass is 9.92. The number of aromatic nitrogens is 3. The number of nitrogen functional groups attached to an aromatic ring is 4. The molecule has 5 aromatic carbocycles. The highest BCUT2D eigenvalue weighted by Crippen LogP contribution is 2.37. The van der Waals surface area contributed by atoms with E-state index >= 15 is 0 Å². The molecule has 0 amide bonds. The van der Waals surface area contributed by atoms with Crippen LogP contribution in [0.4, 0.5) is 35.9 Å². The quantitative estimate of drug-likeness (QED) is 0.0219. The van der Waals surface area contributed by atoms with Gasteiger partial charge in [0.25, 0.3) is 0 Å². The van der Waals surface area contributed by atoms with Crippen LogP contribution in [0.5, 0.6) is 29.3 Å². The summed E-state index contributed by atoms with van der Waals surface area (Å²) in [5, 5.41) is 0. The average Bonchev–Trinajstić information content (AvgIpc) is 3.49. The molecule has 0 saturated heterocycles. The summed E-state index contributed by atoms with van der Waals surface area (Å²) in [6, 6.07) is 34.8. The third-order valence-corrected chi connectivity index (χ3v) is 14.0. The number of hydrogen-bond donors (Lipinski definition) is 4. The molecule has 0 spiro atoms. The lowest BCUT2D eigenvalue weighted by Gasteiger charge is -2.16. The van der Waals surface area contributed by atoms with Crippen molar-refractivity contribution in [1.29, 1.82) is 0 Å². The Morgan fingerprint density at radius 1 is 0.397 bits per heavy atom. The number of aryl methyl sites for hydroxylation is 1. The molecule has 0 radical (unpaired) electrons. The van der Waals surface area contributed by atoms with Gasteiger partial charge in [-0.15, -0.1) is 4.98 Å².